The summed E-state index contributed by atoms with van der Waals surface area (Å²) in [5, 5.41) is 24.7. The SMILES string of the molecule is Cl.OC[C@H](c1ccc2cc(O)ccc2c1)N1CCNCC1. The largest absolute Gasteiger partial charge is 0.508 e. The van der Waals surface area contributed by atoms with E-state index < -0.39 is 0 Å². The lowest BCUT2D eigenvalue weighted by molar-refractivity contribution is 0.111. The molecule has 1 aliphatic heterocycles. The van der Waals surface area contributed by atoms with E-state index in [1.807, 2.05) is 18.2 Å². The van der Waals surface area contributed by atoms with Gasteiger partial charge in [0.05, 0.1) is 12.6 Å². The maximum atomic E-state index is 9.75. The van der Waals surface area contributed by atoms with Crippen LogP contribution in [0, 0.1) is 0 Å². The van der Waals surface area contributed by atoms with E-state index in [2.05, 4.69) is 16.3 Å². The lowest BCUT2D eigenvalue weighted by Gasteiger charge is -2.34. The molecule has 2 aromatic rings. The van der Waals surface area contributed by atoms with Crippen LogP contribution in [0.5, 0.6) is 5.75 Å². The van der Waals surface area contributed by atoms with Crippen molar-refractivity contribution in [3.63, 3.8) is 0 Å². The second-order valence-corrected chi connectivity index (χ2v) is 5.28. The first-order valence-corrected chi connectivity index (χ1v) is 7.06. The monoisotopic (exact) mass is 308 g/mol. The zero-order valence-electron chi connectivity index (χ0n) is 11.8. The van der Waals surface area contributed by atoms with Crippen LogP contribution in [0.15, 0.2) is 36.4 Å². The molecule has 1 saturated heterocycles. The lowest BCUT2D eigenvalue weighted by Crippen LogP contribution is -2.46. The molecule has 21 heavy (non-hydrogen) atoms. The number of phenolic OH excluding ortho intramolecular Hbond substituents is 1. The Kier molecular flexibility index (Phi) is 5.42. The summed E-state index contributed by atoms with van der Waals surface area (Å²) in [5.41, 5.74) is 1.13. The molecule has 1 aliphatic rings. The minimum absolute atomic E-state index is 0. The van der Waals surface area contributed by atoms with Crippen molar-refractivity contribution in [1.29, 1.82) is 0 Å². The molecule has 0 saturated carbocycles. The van der Waals surface area contributed by atoms with Crippen molar-refractivity contribution in [3.05, 3.63) is 42.0 Å². The quantitative estimate of drug-likeness (QED) is 0.811. The fourth-order valence-electron chi connectivity index (χ4n) is 2.88. The first-order valence-electron chi connectivity index (χ1n) is 7.06. The van der Waals surface area contributed by atoms with Crippen LogP contribution < -0.4 is 5.32 Å². The molecular weight excluding hydrogens is 288 g/mol. The molecular formula is C16H21ClN2O2. The number of nitrogens with one attached hydrogen (secondary N) is 1. The van der Waals surface area contributed by atoms with Gasteiger partial charge >= 0.3 is 0 Å². The van der Waals surface area contributed by atoms with E-state index in [0.29, 0.717) is 0 Å². The molecule has 114 valence electrons. The van der Waals surface area contributed by atoms with Crippen LogP contribution in [0.1, 0.15) is 11.6 Å². The zero-order chi connectivity index (χ0) is 13.9. The number of phenols is 1. The Hall–Kier alpha value is -1.33. The molecule has 3 rings (SSSR count). The third kappa shape index (κ3) is 3.47. The predicted molar refractivity (Wildman–Crippen MR) is 87.1 cm³/mol. The van der Waals surface area contributed by atoms with Crippen LogP contribution >= 0.6 is 12.4 Å². The smallest absolute Gasteiger partial charge is 0.116 e. The molecule has 0 bridgehead atoms. The number of halogens is 1. The van der Waals surface area contributed by atoms with Crippen LogP contribution in [0.2, 0.25) is 0 Å². The van der Waals surface area contributed by atoms with Gasteiger partial charge in [0.2, 0.25) is 0 Å². The summed E-state index contributed by atoms with van der Waals surface area (Å²) in [7, 11) is 0. The average Bonchev–Trinajstić information content (AvgIpc) is 2.49. The Morgan fingerprint density at radius 1 is 1.05 bits per heavy atom. The van der Waals surface area contributed by atoms with Gasteiger partial charge in [-0.05, 0) is 34.5 Å². The molecule has 4 nitrogen and oxygen atoms in total. The van der Waals surface area contributed by atoms with Gasteiger partial charge in [-0.2, -0.15) is 0 Å². The number of nitrogens with zero attached hydrogens (tertiary/aromatic N) is 1. The minimum atomic E-state index is 0. The van der Waals surface area contributed by atoms with Gasteiger partial charge in [0.25, 0.3) is 0 Å². The van der Waals surface area contributed by atoms with Crippen LogP contribution in [-0.2, 0) is 0 Å². The fourth-order valence-corrected chi connectivity index (χ4v) is 2.88. The summed E-state index contributed by atoms with van der Waals surface area (Å²) < 4.78 is 0. The van der Waals surface area contributed by atoms with E-state index in [1.54, 1.807) is 12.1 Å². The van der Waals surface area contributed by atoms with Gasteiger partial charge in [-0.3, -0.25) is 4.90 Å². The van der Waals surface area contributed by atoms with Gasteiger partial charge in [-0.15, -0.1) is 12.4 Å². The maximum Gasteiger partial charge on any atom is 0.116 e. The van der Waals surface area contributed by atoms with Crippen LogP contribution in [0.3, 0.4) is 0 Å². The normalized spacial score (nSPS) is 17.4. The summed E-state index contributed by atoms with van der Waals surface area (Å²) in [6.07, 6.45) is 0. The van der Waals surface area contributed by atoms with Crippen LogP contribution in [0.25, 0.3) is 10.8 Å². The Bertz CT molecular complexity index is 600. The van der Waals surface area contributed by atoms with Crippen molar-refractivity contribution >= 4 is 23.2 Å². The Balaban J connectivity index is 0.00000161. The Morgan fingerprint density at radius 2 is 1.71 bits per heavy atom. The van der Waals surface area contributed by atoms with Crippen LogP contribution in [-0.4, -0.2) is 47.9 Å². The number of benzene rings is 2. The van der Waals surface area contributed by atoms with Crippen LogP contribution in [0.4, 0.5) is 0 Å². The van der Waals surface area contributed by atoms with Crippen molar-refractivity contribution in [3.8, 4) is 5.75 Å². The number of aliphatic hydroxyl groups is 1. The number of piperazine rings is 1. The average molecular weight is 309 g/mol. The molecule has 0 aliphatic carbocycles. The molecule has 2 aromatic carbocycles. The summed E-state index contributed by atoms with van der Waals surface area (Å²) in [5.74, 6) is 0.283. The number of aromatic hydroxyl groups is 1. The number of hydrogen-bond donors (Lipinski definition) is 3. The first-order chi connectivity index (χ1) is 9.78. The molecule has 1 atom stereocenters. The molecule has 0 amide bonds. The molecule has 1 fully saturated rings. The second kappa shape index (κ2) is 7.09. The van der Waals surface area contributed by atoms with Gasteiger partial charge in [-0.25, -0.2) is 0 Å². The molecule has 1 heterocycles. The number of aliphatic hydroxyl groups excluding tert-OH is 1. The van der Waals surface area contributed by atoms with E-state index in [-0.39, 0.29) is 30.8 Å². The Morgan fingerprint density at radius 3 is 2.43 bits per heavy atom. The van der Waals surface area contributed by atoms with Crippen molar-refractivity contribution in [1.82, 2.24) is 10.2 Å². The highest BCUT2D eigenvalue weighted by Crippen LogP contribution is 2.26. The van der Waals surface area contributed by atoms with Gasteiger partial charge in [0, 0.05) is 26.2 Å². The molecule has 5 heteroatoms. The molecule has 0 unspecified atom stereocenters. The van der Waals surface area contributed by atoms with Crippen molar-refractivity contribution in [2.24, 2.45) is 0 Å². The van der Waals surface area contributed by atoms with E-state index in [1.165, 1.54) is 0 Å². The molecule has 0 aromatic heterocycles. The third-order valence-electron chi connectivity index (χ3n) is 4.00. The van der Waals surface area contributed by atoms with E-state index in [4.69, 9.17) is 0 Å². The highest BCUT2D eigenvalue weighted by molar-refractivity contribution is 5.85. The van der Waals surface area contributed by atoms with Gasteiger partial charge < -0.3 is 15.5 Å². The lowest BCUT2D eigenvalue weighted by atomic mass is 10.0. The summed E-state index contributed by atoms with van der Waals surface area (Å²) in [4.78, 5) is 2.32. The minimum Gasteiger partial charge on any atom is -0.508 e. The Labute approximate surface area is 130 Å². The molecule has 3 N–H and O–H groups in total. The summed E-state index contributed by atoms with van der Waals surface area (Å²) in [6, 6.07) is 11.6. The standard InChI is InChI=1S/C16H20N2O2.ClH/c19-11-16(18-7-5-17-6-8-18)14-2-1-13-10-15(20)4-3-12(13)9-14;/h1-4,9-10,16-17,19-20H,5-8,11H2;1H/t16-;/m1./s1. The number of rotatable bonds is 3. The predicted octanol–water partition coefficient (Wildman–Crippen LogP) is 1.91. The summed E-state index contributed by atoms with van der Waals surface area (Å²) >= 11 is 0. The van der Waals surface area contributed by atoms with E-state index >= 15 is 0 Å². The summed E-state index contributed by atoms with van der Waals surface area (Å²) in [6.45, 7) is 3.98. The van der Waals surface area contributed by atoms with Gasteiger partial charge in [0.1, 0.15) is 5.75 Å². The third-order valence-corrected chi connectivity index (χ3v) is 4.00. The first kappa shape index (κ1) is 16.0. The number of fused-ring (bicyclic) bond motifs is 1. The highest BCUT2D eigenvalue weighted by Gasteiger charge is 2.21. The topological polar surface area (TPSA) is 55.7 Å². The van der Waals surface area contributed by atoms with Crippen molar-refractivity contribution < 1.29 is 10.2 Å². The molecule has 0 radical (unpaired) electrons. The van der Waals surface area contributed by atoms with Gasteiger partial charge in [-0.1, -0.05) is 18.2 Å². The molecule has 0 spiro atoms. The van der Waals surface area contributed by atoms with Crippen molar-refractivity contribution in [2.45, 2.75) is 6.04 Å². The highest BCUT2D eigenvalue weighted by atomic mass is 35.5. The second-order valence-electron chi connectivity index (χ2n) is 5.28. The fraction of sp³-hybridized carbons (Fsp3) is 0.375. The van der Waals surface area contributed by atoms with E-state index in [9.17, 15) is 10.2 Å². The van der Waals surface area contributed by atoms with Gasteiger partial charge in [0.15, 0.2) is 0 Å². The zero-order valence-corrected chi connectivity index (χ0v) is 12.6. The maximum absolute atomic E-state index is 9.75. The van der Waals surface area contributed by atoms with E-state index in [0.717, 1.165) is 42.5 Å². The number of hydrogen-bond acceptors (Lipinski definition) is 4. The van der Waals surface area contributed by atoms with Crippen molar-refractivity contribution in [2.75, 3.05) is 32.8 Å².